The molecule has 1 N–H and O–H groups in total. The van der Waals surface area contributed by atoms with E-state index in [-0.39, 0.29) is 11.2 Å². The minimum absolute atomic E-state index is 0.208. The summed E-state index contributed by atoms with van der Waals surface area (Å²) in [5, 5.41) is 3.37. The third kappa shape index (κ3) is 5.91. The van der Waals surface area contributed by atoms with Crippen molar-refractivity contribution in [2.45, 2.75) is 53.0 Å². The van der Waals surface area contributed by atoms with Gasteiger partial charge < -0.3 is 10.1 Å². The Bertz CT molecular complexity index is 404. The number of halogens is 1. The third-order valence-corrected chi connectivity index (χ3v) is 3.64. The number of benzene rings is 1. The monoisotopic (exact) mass is 281 g/mol. The first-order valence-electron chi connectivity index (χ1n) is 7.51. The number of rotatable bonds is 9. The highest BCUT2D eigenvalue weighted by atomic mass is 19.1. The lowest BCUT2D eigenvalue weighted by atomic mass is 9.87. The minimum Gasteiger partial charge on any atom is -0.497 e. The maximum Gasteiger partial charge on any atom is 0.131 e. The van der Waals surface area contributed by atoms with Crippen LogP contribution in [0.5, 0.6) is 5.75 Å². The highest BCUT2D eigenvalue weighted by Crippen LogP contribution is 2.23. The number of unbranched alkanes of at least 4 members (excludes halogenated alkanes) is 2. The molecular formula is C17H28FNO. The average Bonchev–Trinajstić information content (AvgIpc) is 2.40. The number of hydrogen-bond acceptors (Lipinski definition) is 2. The second-order valence-electron chi connectivity index (χ2n) is 6.18. The summed E-state index contributed by atoms with van der Waals surface area (Å²) in [6.07, 6.45) is 5.01. The van der Waals surface area contributed by atoms with Gasteiger partial charge in [0.05, 0.1) is 7.11 Å². The molecule has 0 amide bonds. The van der Waals surface area contributed by atoms with Crippen molar-refractivity contribution in [2.75, 3.05) is 13.7 Å². The van der Waals surface area contributed by atoms with E-state index in [1.807, 2.05) is 0 Å². The molecule has 0 aliphatic carbocycles. The summed E-state index contributed by atoms with van der Waals surface area (Å²) in [6.45, 7) is 8.22. The van der Waals surface area contributed by atoms with Crippen molar-refractivity contribution in [3.05, 3.63) is 29.6 Å². The Morgan fingerprint density at radius 3 is 2.60 bits per heavy atom. The van der Waals surface area contributed by atoms with Crippen molar-refractivity contribution in [3.63, 3.8) is 0 Å². The largest absolute Gasteiger partial charge is 0.497 e. The molecule has 1 rings (SSSR count). The van der Waals surface area contributed by atoms with Crippen molar-refractivity contribution in [1.29, 1.82) is 0 Å². The summed E-state index contributed by atoms with van der Waals surface area (Å²) in [6, 6.07) is 5.02. The van der Waals surface area contributed by atoms with Crippen LogP contribution in [0.4, 0.5) is 4.39 Å². The van der Waals surface area contributed by atoms with Gasteiger partial charge in [0, 0.05) is 24.7 Å². The van der Waals surface area contributed by atoms with Crippen LogP contribution in [-0.4, -0.2) is 13.7 Å². The smallest absolute Gasteiger partial charge is 0.131 e. The molecule has 1 aromatic carbocycles. The molecule has 0 radical (unpaired) electrons. The van der Waals surface area contributed by atoms with Crippen LogP contribution in [0.3, 0.4) is 0 Å². The van der Waals surface area contributed by atoms with Crippen LogP contribution in [0.2, 0.25) is 0 Å². The minimum atomic E-state index is -0.208. The lowest BCUT2D eigenvalue weighted by molar-refractivity contribution is 0.301. The topological polar surface area (TPSA) is 21.3 Å². The van der Waals surface area contributed by atoms with Crippen LogP contribution in [0, 0.1) is 11.2 Å². The fraction of sp³-hybridized carbons (Fsp3) is 0.647. The van der Waals surface area contributed by atoms with Gasteiger partial charge >= 0.3 is 0 Å². The van der Waals surface area contributed by atoms with E-state index in [0.717, 1.165) is 6.54 Å². The van der Waals surface area contributed by atoms with Crippen molar-refractivity contribution in [2.24, 2.45) is 5.41 Å². The molecule has 20 heavy (non-hydrogen) atoms. The van der Waals surface area contributed by atoms with E-state index in [1.54, 1.807) is 19.2 Å². The van der Waals surface area contributed by atoms with Gasteiger partial charge in [0.15, 0.2) is 0 Å². The zero-order chi connectivity index (χ0) is 15.0. The summed E-state index contributed by atoms with van der Waals surface area (Å²) >= 11 is 0. The van der Waals surface area contributed by atoms with E-state index in [0.29, 0.717) is 17.9 Å². The van der Waals surface area contributed by atoms with Gasteiger partial charge in [0.2, 0.25) is 0 Å². The summed E-state index contributed by atoms with van der Waals surface area (Å²) in [5.74, 6) is 0.354. The molecule has 0 fully saturated rings. The van der Waals surface area contributed by atoms with Gasteiger partial charge in [-0.1, -0.05) is 46.1 Å². The summed E-state index contributed by atoms with van der Waals surface area (Å²) < 4.78 is 18.8. The highest BCUT2D eigenvalue weighted by Gasteiger charge is 2.16. The Morgan fingerprint density at radius 2 is 2.00 bits per heavy atom. The quantitative estimate of drug-likeness (QED) is 0.671. The number of methoxy groups -OCH3 is 1. The van der Waals surface area contributed by atoms with Crippen molar-refractivity contribution in [1.82, 2.24) is 5.32 Å². The first-order valence-corrected chi connectivity index (χ1v) is 7.51. The second kappa shape index (κ2) is 8.25. The number of nitrogens with one attached hydrogen (secondary N) is 1. The van der Waals surface area contributed by atoms with Crippen LogP contribution in [0.15, 0.2) is 18.2 Å². The molecule has 0 spiro atoms. The molecule has 0 saturated heterocycles. The van der Waals surface area contributed by atoms with Gasteiger partial charge in [-0.05, 0) is 17.9 Å². The Kier molecular flexibility index (Phi) is 7.00. The Labute approximate surface area is 122 Å². The second-order valence-corrected chi connectivity index (χ2v) is 6.18. The van der Waals surface area contributed by atoms with Gasteiger partial charge in [-0.3, -0.25) is 0 Å². The van der Waals surface area contributed by atoms with E-state index in [9.17, 15) is 4.39 Å². The molecule has 0 atom stereocenters. The Morgan fingerprint density at radius 1 is 1.25 bits per heavy atom. The summed E-state index contributed by atoms with van der Waals surface area (Å²) in [4.78, 5) is 0. The zero-order valence-corrected chi connectivity index (χ0v) is 13.3. The predicted molar refractivity (Wildman–Crippen MR) is 82.6 cm³/mol. The van der Waals surface area contributed by atoms with Crippen LogP contribution in [-0.2, 0) is 6.54 Å². The third-order valence-electron chi connectivity index (χ3n) is 3.64. The molecule has 0 aliphatic heterocycles. The van der Waals surface area contributed by atoms with Crippen LogP contribution < -0.4 is 10.1 Å². The maximum absolute atomic E-state index is 13.8. The summed E-state index contributed by atoms with van der Waals surface area (Å²) in [5.41, 5.74) is 0.952. The van der Waals surface area contributed by atoms with Gasteiger partial charge in [-0.25, -0.2) is 4.39 Å². The van der Waals surface area contributed by atoms with Gasteiger partial charge in [0.25, 0.3) is 0 Å². The van der Waals surface area contributed by atoms with Gasteiger partial charge in [-0.2, -0.15) is 0 Å². The van der Waals surface area contributed by atoms with E-state index in [4.69, 9.17) is 4.74 Å². The van der Waals surface area contributed by atoms with E-state index < -0.39 is 0 Å². The number of ether oxygens (including phenoxy) is 1. The van der Waals surface area contributed by atoms with Crippen LogP contribution in [0.25, 0.3) is 0 Å². The molecular weight excluding hydrogens is 253 g/mol. The molecule has 114 valence electrons. The summed E-state index contributed by atoms with van der Waals surface area (Å²) in [7, 11) is 1.55. The van der Waals surface area contributed by atoms with Crippen molar-refractivity contribution in [3.8, 4) is 5.75 Å². The van der Waals surface area contributed by atoms with E-state index in [1.165, 1.54) is 31.7 Å². The lowest BCUT2D eigenvalue weighted by Gasteiger charge is -2.25. The van der Waals surface area contributed by atoms with Crippen LogP contribution in [0.1, 0.15) is 52.0 Å². The normalized spacial score (nSPS) is 11.7. The van der Waals surface area contributed by atoms with Crippen LogP contribution >= 0.6 is 0 Å². The zero-order valence-electron chi connectivity index (χ0n) is 13.3. The van der Waals surface area contributed by atoms with Crippen molar-refractivity contribution < 1.29 is 9.13 Å². The van der Waals surface area contributed by atoms with Crippen molar-refractivity contribution >= 4 is 0 Å². The molecule has 2 nitrogen and oxygen atoms in total. The fourth-order valence-corrected chi connectivity index (χ4v) is 2.28. The molecule has 1 aromatic rings. The molecule has 0 saturated carbocycles. The standard InChI is InChI=1S/C17H28FNO/c1-5-6-7-10-17(2,3)13-19-12-14-8-9-15(20-4)11-16(14)18/h8-9,11,19H,5-7,10,12-13H2,1-4H3. The van der Waals surface area contributed by atoms with Gasteiger partial charge in [0.1, 0.15) is 11.6 Å². The predicted octanol–water partition coefficient (Wildman–Crippen LogP) is 4.53. The van der Waals surface area contributed by atoms with E-state index in [2.05, 4.69) is 26.1 Å². The van der Waals surface area contributed by atoms with Gasteiger partial charge in [-0.15, -0.1) is 0 Å². The first-order chi connectivity index (χ1) is 9.48. The molecule has 0 heterocycles. The molecule has 0 aliphatic rings. The number of hydrogen-bond donors (Lipinski definition) is 1. The molecule has 0 unspecified atom stereocenters. The molecule has 3 heteroatoms. The average molecular weight is 281 g/mol. The lowest BCUT2D eigenvalue weighted by Crippen LogP contribution is -2.29. The fourth-order valence-electron chi connectivity index (χ4n) is 2.28. The Balaban J connectivity index is 2.39. The van der Waals surface area contributed by atoms with E-state index >= 15 is 0 Å². The maximum atomic E-state index is 13.8. The Hall–Kier alpha value is -1.09. The highest BCUT2D eigenvalue weighted by molar-refractivity contribution is 5.28. The first kappa shape index (κ1) is 17.0. The SMILES string of the molecule is CCCCCC(C)(C)CNCc1ccc(OC)cc1F. The molecule has 0 aromatic heterocycles. The molecule has 0 bridgehead atoms.